The van der Waals surface area contributed by atoms with E-state index in [9.17, 15) is 4.79 Å². The second-order valence-corrected chi connectivity index (χ2v) is 5.67. The van der Waals surface area contributed by atoms with Crippen LogP contribution < -0.4 is 4.90 Å². The maximum Gasteiger partial charge on any atom is 0.161 e. The Kier molecular flexibility index (Phi) is 3.97. The zero-order valence-corrected chi connectivity index (χ0v) is 11.8. The number of nitrogens with zero attached hydrogens (tertiary/aromatic N) is 1. The highest BCUT2D eigenvalue weighted by Crippen LogP contribution is 2.32. The lowest BCUT2D eigenvalue weighted by Crippen LogP contribution is -2.14. The van der Waals surface area contributed by atoms with E-state index in [4.69, 9.17) is 0 Å². The fourth-order valence-corrected chi connectivity index (χ4v) is 3.11. The quantitative estimate of drug-likeness (QED) is 0.797. The molecule has 0 bridgehead atoms. The molecule has 0 aliphatic carbocycles. The maximum atomic E-state index is 10.8. The highest BCUT2D eigenvalue weighted by atomic mass is 79.9. The molecule has 1 aromatic carbocycles. The van der Waals surface area contributed by atoms with Crippen LogP contribution in [0.5, 0.6) is 0 Å². The third-order valence-corrected chi connectivity index (χ3v) is 4.54. The van der Waals surface area contributed by atoms with Gasteiger partial charge in [-0.2, -0.15) is 0 Å². The van der Waals surface area contributed by atoms with Gasteiger partial charge in [0.25, 0.3) is 0 Å². The van der Waals surface area contributed by atoms with Crippen molar-refractivity contribution in [1.29, 1.82) is 0 Å². The van der Waals surface area contributed by atoms with Crippen LogP contribution in [-0.2, 0) is 6.54 Å². The molecule has 0 atom stereocenters. The highest BCUT2D eigenvalue weighted by Gasteiger charge is 2.09. The molecule has 1 aromatic heterocycles. The molecule has 0 radical (unpaired) electrons. The zero-order valence-electron chi connectivity index (χ0n) is 9.39. The van der Waals surface area contributed by atoms with Crippen LogP contribution in [0.4, 0.5) is 5.00 Å². The second kappa shape index (κ2) is 5.47. The third kappa shape index (κ3) is 2.96. The molecule has 0 aliphatic heterocycles. The van der Waals surface area contributed by atoms with Gasteiger partial charge in [-0.25, -0.2) is 0 Å². The first-order valence-corrected chi connectivity index (χ1v) is 6.81. The minimum atomic E-state index is 0.736. The Hall–Kier alpha value is -1.13. The van der Waals surface area contributed by atoms with Gasteiger partial charge in [0, 0.05) is 18.1 Å². The Balaban J connectivity index is 2.14. The third-order valence-electron chi connectivity index (χ3n) is 2.45. The number of carbonyl (C=O) groups is 1. The van der Waals surface area contributed by atoms with Crippen molar-refractivity contribution in [2.24, 2.45) is 0 Å². The maximum absolute atomic E-state index is 10.8. The van der Waals surface area contributed by atoms with Gasteiger partial charge in [-0.15, -0.1) is 11.3 Å². The lowest BCUT2D eigenvalue weighted by atomic mass is 10.2. The molecule has 1 heterocycles. The van der Waals surface area contributed by atoms with Crippen molar-refractivity contribution in [3.63, 3.8) is 0 Å². The summed E-state index contributed by atoms with van der Waals surface area (Å²) in [5.74, 6) is 0. The molecule has 0 amide bonds. The molecule has 17 heavy (non-hydrogen) atoms. The Morgan fingerprint density at radius 2 is 2.06 bits per heavy atom. The zero-order chi connectivity index (χ0) is 12.3. The predicted octanol–water partition coefficient (Wildman–Crippen LogP) is 3.96. The smallest absolute Gasteiger partial charge is 0.161 e. The van der Waals surface area contributed by atoms with Crippen LogP contribution in [0.25, 0.3) is 0 Å². The normalized spacial score (nSPS) is 10.2. The SMILES string of the molecule is CN(Cc1ccccc1)c1cc(Br)c(C=O)s1. The molecular weight excluding hydrogens is 298 g/mol. The van der Waals surface area contributed by atoms with Gasteiger partial charge in [0.1, 0.15) is 0 Å². The van der Waals surface area contributed by atoms with Crippen molar-refractivity contribution in [2.75, 3.05) is 11.9 Å². The molecule has 0 aliphatic rings. The molecule has 0 N–H and O–H groups in total. The number of rotatable bonds is 4. The van der Waals surface area contributed by atoms with E-state index in [1.54, 1.807) is 0 Å². The lowest BCUT2D eigenvalue weighted by Gasteiger charge is -2.16. The first-order chi connectivity index (χ1) is 8.20. The van der Waals surface area contributed by atoms with Gasteiger partial charge in [0.2, 0.25) is 0 Å². The number of aldehydes is 1. The summed E-state index contributed by atoms with van der Waals surface area (Å²) >= 11 is 4.88. The van der Waals surface area contributed by atoms with Crippen molar-refractivity contribution < 1.29 is 4.79 Å². The fourth-order valence-electron chi connectivity index (χ4n) is 1.57. The van der Waals surface area contributed by atoms with Crippen LogP contribution in [0.15, 0.2) is 40.9 Å². The standard InChI is InChI=1S/C13H12BrNOS/c1-15(8-10-5-3-2-4-6-10)13-7-11(14)12(9-16)17-13/h2-7,9H,8H2,1H3. The fraction of sp³-hybridized carbons (Fsp3) is 0.154. The Bertz CT molecular complexity index is 509. The van der Waals surface area contributed by atoms with Crippen molar-refractivity contribution >= 4 is 38.6 Å². The molecule has 0 unspecified atom stereocenters. The van der Waals surface area contributed by atoms with Crippen LogP contribution in [0.2, 0.25) is 0 Å². The Morgan fingerprint density at radius 1 is 1.35 bits per heavy atom. The van der Waals surface area contributed by atoms with Gasteiger partial charge in [-0.05, 0) is 27.6 Å². The topological polar surface area (TPSA) is 20.3 Å². The minimum absolute atomic E-state index is 0.736. The first kappa shape index (κ1) is 12.3. The number of thiophene rings is 1. The summed E-state index contributed by atoms with van der Waals surface area (Å²) in [5, 5.41) is 1.09. The summed E-state index contributed by atoms with van der Waals surface area (Å²) in [5.41, 5.74) is 1.26. The average molecular weight is 310 g/mol. The Morgan fingerprint density at radius 3 is 2.65 bits per heavy atom. The number of carbonyl (C=O) groups excluding carboxylic acids is 1. The minimum Gasteiger partial charge on any atom is -0.362 e. The number of hydrogen-bond acceptors (Lipinski definition) is 3. The number of anilines is 1. The number of benzene rings is 1. The molecule has 4 heteroatoms. The molecule has 2 rings (SSSR count). The van der Waals surface area contributed by atoms with Gasteiger partial charge in [0.15, 0.2) is 6.29 Å². The van der Waals surface area contributed by atoms with Gasteiger partial charge < -0.3 is 4.90 Å². The average Bonchev–Trinajstić information content (AvgIpc) is 2.72. The summed E-state index contributed by atoms with van der Waals surface area (Å²) in [6.07, 6.45) is 0.884. The summed E-state index contributed by atoms with van der Waals surface area (Å²) in [7, 11) is 2.03. The Labute approximate surface area is 113 Å². The van der Waals surface area contributed by atoms with Crippen LogP contribution in [-0.4, -0.2) is 13.3 Å². The van der Waals surface area contributed by atoms with Gasteiger partial charge in [-0.1, -0.05) is 30.3 Å². The lowest BCUT2D eigenvalue weighted by molar-refractivity contribution is 0.112. The molecule has 88 valence electrons. The predicted molar refractivity (Wildman–Crippen MR) is 76.0 cm³/mol. The molecule has 0 fully saturated rings. The van der Waals surface area contributed by atoms with E-state index in [-0.39, 0.29) is 0 Å². The highest BCUT2D eigenvalue weighted by molar-refractivity contribution is 9.10. The summed E-state index contributed by atoms with van der Waals surface area (Å²) in [4.78, 5) is 13.7. The van der Waals surface area contributed by atoms with Crippen LogP contribution in [0.3, 0.4) is 0 Å². The van der Waals surface area contributed by atoms with E-state index >= 15 is 0 Å². The van der Waals surface area contributed by atoms with E-state index in [0.717, 1.165) is 27.2 Å². The van der Waals surface area contributed by atoms with Gasteiger partial charge >= 0.3 is 0 Å². The second-order valence-electron chi connectivity index (χ2n) is 3.76. The summed E-state index contributed by atoms with van der Waals surface area (Å²) in [6.45, 7) is 0.839. The van der Waals surface area contributed by atoms with Gasteiger partial charge in [-0.3, -0.25) is 4.79 Å². The van der Waals surface area contributed by atoms with E-state index < -0.39 is 0 Å². The summed E-state index contributed by atoms with van der Waals surface area (Å²) in [6, 6.07) is 12.3. The molecule has 2 nitrogen and oxygen atoms in total. The monoisotopic (exact) mass is 309 g/mol. The van der Waals surface area contributed by atoms with E-state index in [1.165, 1.54) is 16.9 Å². The van der Waals surface area contributed by atoms with Crippen LogP contribution in [0, 0.1) is 0 Å². The molecule has 0 spiro atoms. The molecular formula is C13H12BrNOS. The molecule has 2 aromatic rings. The van der Waals surface area contributed by atoms with Crippen molar-refractivity contribution in [2.45, 2.75) is 6.54 Å². The molecule has 0 saturated carbocycles. The van der Waals surface area contributed by atoms with Crippen LogP contribution in [0.1, 0.15) is 15.2 Å². The molecule has 0 saturated heterocycles. The van der Waals surface area contributed by atoms with Crippen molar-refractivity contribution in [3.05, 3.63) is 51.3 Å². The van der Waals surface area contributed by atoms with Gasteiger partial charge in [0.05, 0.1) is 9.88 Å². The number of hydrogen-bond donors (Lipinski definition) is 0. The first-order valence-electron chi connectivity index (χ1n) is 5.20. The van der Waals surface area contributed by atoms with Crippen molar-refractivity contribution in [3.8, 4) is 0 Å². The van der Waals surface area contributed by atoms with Crippen molar-refractivity contribution in [1.82, 2.24) is 0 Å². The number of halogens is 1. The van der Waals surface area contributed by atoms with E-state index in [1.807, 2.05) is 31.3 Å². The van der Waals surface area contributed by atoms with Crippen LogP contribution >= 0.6 is 27.3 Å². The van der Waals surface area contributed by atoms with E-state index in [0.29, 0.717) is 0 Å². The van der Waals surface area contributed by atoms with E-state index in [2.05, 4.69) is 33.0 Å². The summed E-state index contributed by atoms with van der Waals surface area (Å²) < 4.78 is 0.868. The largest absolute Gasteiger partial charge is 0.362 e.